The Morgan fingerprint density at radius 2 is 1.23 bits per heavy atom. The van der Waals surface area contributed by atoms with Crippen LogP contribution in [-0.4, -0.2) is 188 Å². The number of carbonyl (C=O) groups excluding carboxylic acids is 1. The fraction of sp³-hybridized carbons (Fsp3) is 0.979. The highest BCUT2D eigenvalue weighted by atomic mass is 16.8. The van der Waals surface area contributed by atoms with E-state index in [1.807, 2.05) is 0 Å². The predicted octanol–water partition coefficient (Wildman–Crippen LogP) is -0.357. The lowest BCUT2D eigenvalue weighted by molar-refractivity contribution is -0.383. The first-order valence-corrected chi connectivity index (χ1v) is 24.2. The van der Waals surface area contributed by atoms with Crippen molar-refractivity contribution in [1.29, 1.82) is 0 Å². The highest BCUT2D eigenvalue weighted by molar-refractivity contribution is 5.59. The van der Waals surface area contributed by atoms with Gasteiger partial charge in [-0.25, -0.2) is 0 Å². The molecule has 0 radical (unpaired) electrons. The minimum Gasteiger partial charge on any atom is -0.394 e. The molecule has 0 aromatic rings. The summed E-state index contributed by atoms with van der Waals surface area (Å²) in [4.78, 5) is 12.5. The summed E-state index contributed by atoms with van der Waals surface area (Å²) in [5.41, 5.74) is -2.30. The highest BCUT2D eigenvalue weighted by Gasteiger charge is 2.80. The molecule has 9 rings (SSSR count). The second-order valence-corrected chi connectivity index (χ2v) is 23.4. The summed E-state index contributed by atoms with van der Waals surface area (Å²) in [6.45, 7) is 12.5. The zero-order valence-corrected chi connectivity index (χ0v) is 38.7. The molecule has 2 bridgehead atoms. The van der Waals surface area contributed by atoms with Crippen LogP contribution in [0.1, 0.15) is 106 Å². The van der Waals surface area contributed by atoms with E-state index in [2.05, 4.69) is 41.5 Å². The maximum Gasteiger partial charge on any atom is 0.187 e. The van der Waals surface area contributed by atoms with E-state index in [0.717, 1.165) is 57.7 Å². The van der Waals surface area contributed by atoms with Crippen LogP contribution >= 0.6 is 0 Å². The van der Waals surface area contributed by atoms with Gasteiger partial charge in [-0.2, -0.15) is 0 Å². The number of aldehydes is 1. The zero-order chi connectivity index (χ0) is 47.0. The average molecular weight is 929 g/mol. The molecule has 9 fully saturated rings. The first kappa shape index (κ1) is 49.0. The third-order valence-electron chi connectivity index (χ3n) is 20.2. The fourth-order valence-electron chi connectivity index (χ4n) is 16.2. The molecule has 18 nitrogen and oxygen atoms in total. The lowest BCUT2D eigenvalue weighted by Gasteiger charge is -2.75. The number of ether oxygens (including phenoxy) is 7. The van der Waals surface area contributed by atoms with Gasteiger partial charge in [-0.1, -0.05) is 41.5 Å². The number of fused-ring (bicyclic) bond motifs is 4. The summed E-state index contributed by atoms with van der Waals surface area (Å²) in [6.07, 6.45) is -13.9. The van der Waals surface area contributed by atoms with Gasteiger partial charge >= 0.3 is 0 Å². The van der Waals surface area contributed by atoms with Crippen molar-refractivity contribution in [2.45, 2.75) is 210 Å². The second kappa shape index (κ2) is 16.8. The quantitative estimate of drug-likeness (QED) is 0.104. The molecule has 9 aliphatic rings. The number of aliphatic hydroxyl groups is 10. The van der Waals surface area contributed by atoms with Gasteiger partial charge in [0.1, 0.15) is 73.4 Å². The Labute approximate surface area is 380 Å². The normalized spacial score (nSPS) is 58.5. The Morgan fingerprint density at radius 1 is 0.615 bits per heavy atom. The number of hydrogen-bond donors (Lipinski definition) is 10. The number of aliphatic hydroxyl groups excluding tert-OH is 10. The highest BCUT2D eigenvalue weighted by Crippen LogP contribution is 2.80. The number of rotatable bonds is 9. The van der Waals surface area contributed by atoms with Crippen LogP contribution in [0, 0.1) is 50.2 Å². The summed E-state index contributed by atoms with van der Waals surface area (Å²) in [5, 5.41) is 108. The van der Waals surface area contributed by atoms with Crippen molar-refractivity contribution < 1.29 is 89.0 Å². The molecule has 5 aliphatic carbocycles. The minimum absolute atomic E-state index is 0.0998. The van der Waals surface area contributed by atoms with Crippen LogP contribution in [0.5, 0.6) is 0 Å². The third kappa shape index (κ3) is 7.00. The Hall–Kier alpha value is -1.01. The van der Waals surface area contributed by atoms with Gasteiger partial charge < -0.3 is 89.0 Å². The van der Waals surface area contributed by atoms with E-state index in [9.17, 15) is 55.9 Å². The van der Waals surface area contributed by atoms with Crippen LogP contribution in [0.25, 0.3) is 0 Å². The fourth-order valence-corrected chi connectivity index (χ4v) is 16.2. The van der Waals surface area contributed by atoms with Crippen LogP contribution in [0.15, 0.2) is 0 Å². The van der Waals surface area contributed by atoms with Gasteiger partial charge in [0, 0.05) is 16.2 Å². The van der Waals surface area contributed by atoms with Crippen LogP contribution in [-0.2, 0) is 38.0 Å². The third-order valence-corrected chi connectivity index (χ3v) is 20.2. The van der Waals surface area contributed by atoms with Gasteiger partial charge in [-0.15, -0.1) is 0 Å². The first-order valence-electron chi connectivity index (χ1n) is 24.2. The lowest BCUT2D eigenvalue weighted by atomic mass is 9.30. The summed E-state index contributed by atoms with van der Waals surface area (Å²) >= 11 is 0. The van der Waals surface area contributed by atoms with Crippen LogP contribution < -0.4 is 0 Å². The van der Waals surface area contributed by atoms with E-state index in [4.69, 9.17) is 33.2 Å². The number of hydrogen-bond acceptors (Lipinski definition) is 18. The van der Waals surface area contributed by atoms with Crippen LogP contribution in [0.4, 0.5) is 0 Å². The largest absolute Gasteiger partial charge is 0.394 e. The predicted molar refractivity (Wildman–Crippen MR) is 224 cm³/mol. The van der Waals surface area contributed by atoms with Gasteiger partial charge in [0.2, 0.25) is 0 Å². The topological polar surface area (TPSA) is 284 Å². The van der Waals surface area contributed by atoms with E-state index in [1.54, 1.807) is 0 Å². The van der Waals surface area contributed by atoms with Gasteiger partial charge in [-0.05, 0) is 98.2 Å². The molecule has 0 unspecified atom stereocenters. The van der Waals surface area contributed by atoms with Gasteiger partial charge in [0.05, 0.1) is 44.2 Å². The summed E-state index contributed by atoms with van der Waals surface area (Å²) in [7, 11) is 0. The summed E-state index contributed by atoms with van der Waals surface area (Å²) in [6, 6.07) is 0. The summed E-state index contributed by atoms with van der Waals surface area (Å²) < 4.78 is 43.7. The molecule has 4 aliphatic heterocycles. The van der Waals surface area contributed by atoms with Crippen molar-refractivity contribution in [2.75, 3.05) is 26.4 Å². The Morgan fingerprint density at radius 3 is 1.85 bits per heavy atom. The number of carbonyl (C=O) groups is 1. The maximum absolute atomic E-state index is 12.5. The zero-order valence-electron chi connectivity index (χ0n) is 38.7. The van der Waals surface area contributed by atoms with E-state index in [0.29, 0.717) is 25.4 Å². The van der Waals surface area contributed by atoms with Crippen molar-refractivity contribution in [3.05, 3.63) is 0 Å². The molecule has 18 heteroatoms. The van der Waals surface area contributed by atoms with E-state index in [1.165, 1.54) is 0 Å². The van der Waals surface area contributed by atoms with Crippen molar-refractivity contribution >= 4 is 6.29 Å². The SMILES string of the molecule is CC1(C)[C@@H](O[C@@H]2OC[C@@H](O[C@@H]3O[C@@H](CO)[C@@H](O)[C@@H](O)[C@H]3O)[C@H](O)[C@H]2O[C@H]2O[C@@H](CO)[C@H](O)[C@@H](O)[C@H]2O)CC[C@@]2(C)[C@@H]1CC[C@]1(C)[C@H]2CC[C@]23OC[C@@]4(CC[C@@](C)(C=O)C[C@@H]42)[C@H](O)C[C@]31C. The van der Waals surface area contributed by atoms with Crippen molar-refractivity contribution in [2.24, 2.45) is 50.2 Å². The first-order chi connectivity index (χ1) is 30.5. The van der Waals surface area contributed by atoms with Crippen molar-refractivity contribution in [3.63, 3.8) is 0 Å². The molecule has 4 heterocycles. The van der Waals surface area contributed by atoms with E-state index < -0.39 is 128 Å². The van der Waals surface area contributed by atoms with Gasteiger partial charge in [-0.3, -0.25) is 0 Å². The maximum atomic E-state index is 12.5. The Bertz CT molecular complexity index is 1750. The molecule has 372 valence electrons. The van der Waals surface area contributed by atoms with E-state index >= 15 is 0 Å². The standard InChI is InChI=1S/C47H76O18/c1-41(2)25-7-11-44(5)26(8-12-47-27-15-42(3,20-50)13-14-46(27,21-60-47)28(51)16-45(44,47)6)43(25,4)10-9-29(41)64-40-37(65-39-36(58)34(56)31(53)23(18-49)62-39)32(54)24(19-59-40)63-38-35(57)33(55)30(52)22(17-48)61-38/h20,22-40,48-49,51-58H,7-19,21H2,1-6H3/t22-,23-,24+,25+,26-,27-,28+,29-,30+,31-,32-,33+,34+,35+,36+,37+,38-,39+,40-,42+,43-,44+,45-,46+,47-/m0/s1. The van der Waals surface area contributed by atoms with Crippen molar-refractivity contribution in [1.82, 2.24) is 0 Å². The molecule has 4 saturated heterocycles. The van der Waals surface area contributed by atoms with Gasteiger partial charge in [0.25, 0.3) is 0 Å². The molecule has 0 aromatic heterocycles. The minimum atomic E-state index is -1.82. The van der Waals surface area contributed by atoms with Crippen LogP contribution in [0.2, 0.25) is 0 Å². The van der Waals surface area contributed by atoms with Gasteiger partial charge in [0.15, 0.2) is 18.9 Å². The molecular weight excluding hydrogens is 852 g/mol. The summed E-state index contributed by atoms with van der Waals surface area (Å²) in [5.74, 6) is 0.572. The Kier molecular flexibility index (Phi) is 12.7. The Balaban J connectivity index is 0.963. The molecule has 10 N–H and O–H groups in total. The van der Waals surface area contributed by atoms with Crippen molar-refractivity contribution in [3.8, 4) is 0 Å². The average Bonchev–Trinajstić information content (AvgIpc) is 3.55. The molecule has 65 heavy (non-hydrogen) atoms. The molecule has 1 spiro atoms. The molecule has 0 aromatic carbocycles. The smallest absolute Gasteiger partial charge is 0.187 e. The molecular formula is C47H76O18. The lowest BCUT2D eigenvalue weighted by Crippen LogP contribution is -2.74. The van der Waals surface area contributed by atoms with E-state index in [-0.39, 0.29) is 40.1 Å². The molecule has 5 saturated carbocycles. The second-order valence-electron chi connectivity index (χ2n) is 23.4. The molecule has 25 atom stereocenters. The molecule has 0 amide bonds. The van der Waals surface area contributed by atoms with Crippen LogP contribution in [0.3, 0.4) is 0 Å². The monoisotopic (exact) mass is 929 g/mol.